The van der Waals surface area contributed by atoms with Crippen molar-refractivity contribution in [3.05, 3.63) is 42.7 Å². The maximum absolute atomic E-state index is 13.2. The molecule has 0 aliphatic carbocycles. The van der Waals surface area contributed by atoms with Crippen LogP contribution in [0.2, 0.25) is 0 Å². The molecular formula is C12H14FN3S. The van der Waals surface area contributed by atoms with Crippen LogP contribution in [0.25, 0.3) is 0 Å². The second-order valence-electron chi connectivity index (χ2n) is 3.69. The Labute approximate surface area is 104 Å². The number of anilines is 1. The maximum atomic E-state index is 13.2. The highest BCUT2D eigenvalue weighted by atomic mass is 32.2. The zero-order chi connectivity index (χ0) is 12.1. The fourth-order valence-corrected chi connectivity index (χ4v) is 2.31. The van der Waals surface area contributed by atoms with Crippen LogP contribution in [-0.4, -0.2) is 15.3 Å². The molecule has 1 aromatic carbocycles. The van der Waals surface area contributed by atoms with Gasteiger partial charge in [-0.3, -0.25) is 0 Å². The smallest absolute Gasteiger partial charge is 0.147 e. The monoisotopic (exact) mass is 251 g/mol. The van der Waals surface area contributed by atoms with E-state index in [2.05, 4.69) is 4.98 Å². The molecule has 2 aromatic rings. The molecule has 0 aliphatic heterocycles. The molecule has 0 aliphatic rings. The Morgan fingerprint density at radius 2 is 2.29 bits per heavy atom. The normalized spacial score (nSPS) is 10.6. The summed E-state index contributed by atoms with van der Waals surface area (Å²) < 4.78 is 15.2. The lowest BCUT2D eigenvalue weighted by molar-refractivity contribution is 0.629. The Morgan fingerprint density at radius 3 is 3.00 bits per heavy atom. The second kappa shape index (κ2) is 5.72. The summed E-state index contributed by atoms with van der Waals surface area (Å²) in [5.41, 5.74) is 5.61. The molecule has 0 bridgehead atoms. The van der Waals surface area contributed by atoms with Crippen molar-refractivity contribution in [1.29, 1.82) is 0 Å². The van der Waals surface area contributed by atoms with Gasteiger partial charge in [-0.25, -0.2) is 9.37 Å². The number of rotatable bonds is 5. The average Bonchev–Trinajstić information content (AvgIpc) is 2.82. The molecule has 0 saturated carbocycles. The molecule has 0 spiro atoms. The Kier molecular flexibility index (Phi) is 4.03. The lowest BCUT2D eigenvalue weighted by atomic mass is 10.3. The van der Waals surface area contributed by atoms with Gasteiger partial charge in [-0.2, -0.15) is 0 Å². The largest absolute Gasteiger partial charge is 0.396 e. The zero-order valence-corrected chi connectivity index (χ0v) is 10.2. The first kappa shape index (κ1) is 12.0. The Morgan fingerprint density at radius 1 is 1.41 bits per heavy atom. The van der Waals surface area contributed by atoms with Gasteiger partial charge in [0.1, 0.15) is 5.82 Å². The van der Waals surface area contributed by atoms with Crippen LogP contribution in [0.1, 0.15) is 6.42 Å². The summed E-state index contributed by atoms with van der Waals surface area (Å²) >= 11 is 1.64. The summed E-state index contributed by atoms with van der Waals surface area (Å²) in [7, 11) is 0. The molecule has 17 heavy (non-hydrogen) atoms. The van der Waals surface area contributed by atoms with Gasteiger partial charge < -0.3 is 10.3 Å². The number of nitrogens with two attached hydrogens (primary N) is 1. The van der Waals surface area contributed by atoms with Gasteiger partial charge in [-0.1, -0.05) is 0 Å². The van der Waals surface area contributed by atoms with Gasteiger partial charge >= 0.3 is 0 Å². The minimum absolute atomic E-state index is 0.202. The predicted molar refractivity (Wildman–Crippen MR) is 68.4 cm³/mol. The maximum Gasteiger partial charge on any atom is 0.147 e. The first-order chi connectivity index (χ1) is 8.25. The van der Waals surface area contributed by atoms with Crippen LogP contribution in [0.15, 0.2) is 41.8 Å². The van der Waals surface area contributed by atoms with Gasteiger partial charge in [0.05, 0.1) is 12.0 Å². The summed E-state index contributed by atoms with van der Waals surface area (Å²) in [5, 5.41) is 0. The molecule has 2 rings (SSSR count). The summed E-state index contributed by atoms with van der Waals surface area (Å²) in [6.45, 7) is 0.935. The van der Waals surface area contributed by atoms with Crippen molar-refractivity contribution in [2.24, 2.45) is 0 Å². The number of benzene rings is 1. The molecule has 0 unspecified atom stereocenters. The van der Waals surface area contributed by atoms with Crippen molar-refractivity contribution >= 4 is 17.4 Å². The molecule has 90 valence electrons. The highest BCUT2D eigenvalue weighted by Crippen LogP contribution is 2.22. The molecule has 0 atom stereocenters. The Bertz CT molecular complexity index is 471. The van der Waals surface area contributed by atoms with E-state index in [9.17, 15) is 4.39 Å². The third-order valence-corrected chi connectivity index (χ3v) is 3.44. The van der Waals surface area contributed by atoms with E-state index in [-0.39, 0.29) is 11.5 Å². The summed E-state index contributed by atoms with van der Waals surface area (Å²) in [6, 6.07) is 4.94. The van der Waals surface area contributed by atoms with E-state index in [1.54, 1.807) is 30.4 Å². The van der Waals surface area contributed by atoms with Gasteiger partial charge in [0.15, 0.2) is 0 Å². The predicted octanol–water partition coefficient (Wildman–Crippen LogP) is 2.79. The van der Waals surface area contributed by atoms with Crippen molar-refractivity contribution in [3.8, 4) is 0 Å². The van der Waals surface area contributed by atoms with Crippen LogP contribution < -0.4 is 5.73 Å². The van der Waals surface area contributed by atoms with Crippen LogP contribution in [0.5, 0.6) is 0 Å². The quantitative estimate of drug-likeness (QED) is 0.505. The highest BCUT2D eigenvalue weighted by molar-refractivity contribution is 7.99. The third kappa shape index (κ3) is 3.49. The zero-order valence-electron chi connectivity index (χ0n) is 9.34. The number of aromatic nitrogens is 2. The molecule has 0 radical (unpaired) electrons. The molecule has 0 saturated heterocycles. The van der Waals surface area contributed by atoms with Gasteiger partial charge in [-0.05, 0) is 30.4 Å². The van der Waals surface area contributed by atoms with Crippen molar-refractivity contribution in [3.63, 3.8) is 0 Å². The van der Waals surface area contributed by atoms with E-state index in [0.29, 0.717) is 0 Å². The number of thioether (sulfide) groups is 1. The van der Waals surface area contributed by atoms with E-state index < -0.39 is 0 Å². The van der Waals surface area contributed by atoms with Crippen LogP contribution in [0.3, 0.4) is 0 Å². The molecule has 3 nitrogen and oxygen atoms in total. The third-order valence-electron chi connectivity index (χ3n) is 2.36. The number of nitrogens with zero attached hydrogens (tertiary/aromatic N) is 2. The number of imidazole rings is 1. The van der Waals surface area contributed by atoms with Gasteiger partial charge in [0.25, 0.3) is 0 Å². The van der Waals surface area contributed by atoms with E-state index in [1.165, 1.54) is 6.07 Å². The minimum Gasteiger partial charge on any atom is -0.396 e. The van der Waals surface area contributed by atoms with E-state index in [1.807, 2.05) is 16.8 Å². The summed E-state index contributed by atoms with van der Waals surface area (Å²) in [4.78, 5) is 4.89. The second-order valence-corrected chi connectivity index (χ2v) is 4.85. The average molecular weight is 251 g/mol. The Hall–Kier alpha value is -1.49. The molecular weight excluding hydrogens is 237 g/mol. The first-order valence-corrected chi connectivity index (χ1v) is 6.38. The fraction of sp³-hybridized carbons (Fsp3) is 0.250. The van der Waals surface area contributed by atoms with Gasteiger partial charge in [0, 0.05) is 23.8 Å². The Balaban J connectivity index is 1.76. The molecule has 2 N–H and O–H groups in total. The van der Waals surface area contributed by atoms with Crippen LogP contribution in [0, 0.1) is 5.82 Å². The number of nitrogen functional groups attached to an aromatic ring is 1. The lowest BCUT2D eigenvalue weighted by Gasteiger charge is -2.04. The van der Waals surface area contributed by atoms with Gasteiger partial charge in [-0.15, -0.1) is 11.8 Å². The summed E-state index contributed by atoms with van der Waals surface area (Å²) in [6.07, 6.45) is 6.52. The van der Waals surface area contributed by atoms with E-state index >= 15 is 0 Å². The van der Waals surface area contributed by atoms with E-state index in [4.69, 9.17) is 5.73 Å². The lowest BCUT2D eigenvalue weighted by Crippen LogP contribution is -1.95. The molecule has 0 fully saturated rings. The van der Waals surface area contributed by atoms with Crippen molar-refractivity contribution in [2.75, 3.05) is 11.5 Å². The van der Waals surface area contributed by atoms with Crippen molar-refractivity contribution < 1.29 is 4.39 Å². The number of hydrogen-bond donors (Lipinski definition) is 1. The van der Waals surface area contributed by atoms with Crippen LogP contribution >= 0.6 is 11.8 Å². The molecule has 5 heteroatoms. The minimum atomic E-state index is -0.343. The number of halogens is 1. The molecule has 0 amide bonds. The van der Waals surface area contributed by atoms with Crippen molar-refractivity contribution in [1.82, 2.24) is 9.55 Å². The van der Waals surface area contributed by atoms with Crippen LogP contribution in [0.4, 0.5) is 10.1 Å². The number of hydrogen-bond acceptors (Lipinski definition) is 3. The molecule has 1 aromatic heterocycles. The highest BCUT2D eigenvalue weighted by Gasteiger charge is 2.00. The van der Waals surface area contributed by atoms with Crippen LogP contribution in [-0.2, 0) is 6.54 Å². The standard InChI is InChI=1S/C12H14FN3S/c13-11-8-10(2-3-12(11)14)17-7-1-5-16-6-4-15-9-16/h2-4,6,8-9H,1,5,7,14H2. The number of aryl methyl sites for hydroxylation is 1. The van der Waals surface area contributed by atoms with Crippen molar-refractivity contribution in [2.45, 2.75) is 17.9 Å². The SMILES string of the molecule is Nc1ccc(SCCCn2ccnc2)cc1F. The first-order valence-electron chi connectivity index (χ1n) is 5.39. The van der Waals surface area contributed by atoms with Gasteiger partial charge in [0.2, 0.25) is 0 Å². The molecule has 1 heterocycles. The fourth-order valence-electron chi connectivity index (χ4n) is 1.45. The van der Waals surface area contributed by atoms with E-state index in [0.717, 1.165) is 23.6 Å². The topological polar surface area (TPSA) is 43.8 Å². The summed E-state index contributed by atoms with van der Waals surface area (Å²) in [5.74, 6) is 0.603.